The standard InChI is InChI=1S/C27H29ClFN3O2/c1-34-21-4-5-25-22(17-21)26(23(28)18-31-25)24(29)6-9-27(19-33)10-15-32(16-11-27)14-2-3-20-7-12-30-13-8-20/h4-5,7-8,12-13,17-18,24,33H,6,9-11,14-16,19H2,1H3/t24-/m1/s1. The van der Waals surface area contributed by atoms with Crippen LogP contribution in [0.4, 0.5) is 4.39 Å². The molecule has 1 aliphatic heterocycles. The highest BCUT2D eigenvalue weighted by Gasteiger charge is 2.35. The minimum atomic E-state index is -1.25. The molecule has 1 atom stereocenters. The van der Waals surface area contributed by atoms with Gasteiger partial charge in [0.25, 0.3) is 0 Å². The molecule has 0 unspecified atom stereocenters. The van der Waals surface area contributed by atoms with Gasteiger partial charge in [0.15, 0.2) is 0 Å². The smallest absolute Gasteiger partial charge is 0.127 e. The average molecular weight is 482 g/mol. The number of piperidine rings is 1. The Morgan fingerprint density at radius 3 is 2.71 bits per heavy atom. The number of rotatable bonds is 7. The first-order valence-corrected chi connectivity index (χ1v) is 11.9. The summed E-state index contributed by atoms with van der Waals surface area (Å²) in [6, 6.07) is 9.17. The van der Waals surface area contributed by atoms with E-state index in [1.54, 1.807) is 31.6 Å². The van der Waals surface area contributed by atoms with Crippen molar-refractivity contribution in [3.63, 3.8) is 0 Å². The van der Waals surface area contributed by atoms with E-state index in [4.69, 9.17) is 16.3 Å². The number of methoxy groups -OCH3 is 1. The first-order valence-electron chi connectivity index (χ1n) is 11.5. The number of halogens is 2. The second-order valence-electron chi connectivity index (χ2n) is 8.88. The number of fused-ring (bicyclic) bond motifs is 1. The topological polar surface area (TPSA) is 58.5 Å². The molecule has 1 saturated heterocycles. The van der Waals surface area contributed by atoms with Crippen molar-refractivity contribution in [2.24, 2.45) is 5.41 Å². The Morgan fingerprint density at radius 1 is 1.24 bits per heavy atom. The molecule has 2 aromatic heterocycles. The van der Waals surface area contributed by atoms with Gasteiger partial charge in [-0.1, -0.05) is 23.4 Å². The predicted molar refractivity (Wildman–Crippen MR) is 133 cm³/mol. The molecule has 1 fully saturated rings. The Labute approximate surface area is 204 Å². The zero-order valence-corrected chi connectivity index (χ0v) is 20.1. The van der Waals surface area contributed by atoms with E-state index in [9.17, 15) is 5.11 Å². The van der Waals surface area contributed by atoms with Gasteiger partial charge >= 0.3 is 0 Å². The highest BCUT2D eigenvalue weighted by atomic mass is 35.5. The number of alkyl halides is 1. The van der Waals surface area contributed by atoms with Crippen LogP contribution >= 0.6 is 11.6 Å². The summed E-state index contributed by atoms with van der Waals surface area (Å²) in [6.45, 7) is 2.39. The Balaban J connectivity index is 1.38. The SMILES string of the molecule is COc1ccc2ncc(Cl)c([C@H](F)CCC3(CO)CCN(CC#Cc4ccncc4)CC3)c2c1. The molecule has 7 heteroatoms. The van der Waals surface area contributed by atoms with Gasteiger partial charge in [0.05, 0.1) is 24.2 Å². The first-order chi connectivity index (χ1) is 16.5. The van der Waals surface area contributed by atoms with Crippen molar-refractivity contribution in [2.45, 2.75) is 31.9 Å². The van der Waals surface area contributed by atoms with Crippen LogP contribution in [0.1, 0.15) is 43.0 Å². The van der Waals surface area contributed by atoms with Crippen LogP contribution in [0, 0.1) is 17.3 Å². The minimum absolute atomic E-state index is 0.0505. The van der Waals surface area contributed by atoms with Crippen molar-refractivity contribution in [3.05, 3.63) is 65.1 Å². The van der Waals surface area contributed by atoms with Crippen LogP contribution in [-0.2, 0) is 0 Å². The van der Waals surface area contributed by atoms with E-state index in [1.165, 1.54) is 6.20 Å². The van der Waals surface area contributed by atoms with Crippen molar-refractivity contribution in [1.29, 1.82) is 0 Å². The number of aromatic nitrogens is 2. The highest BCUT2D eigenvalue weighted by Crippen LogP contribution is 2.41. The molecule has 5 nitrogen and oxygen atoms in total. The van der Waals surface area contributed by atoms with Gasteiger partial charge < -0.3 is 9.84 Å². The lowest BCUT2D eigenvalue weighted by Gasteiger charge is -2.40. The van der Waals surface area contributed by atoms with Crippen molar-refractivity contribution >= 4 is 22.5 Å². The van der Waals surface area contributed by atoms with Gasteiger partial charge in [0.1, 0.15) is 11.9 Å². The molecular formula is C27H29ClFN3O2. The van der Waals surface area contributed by atoms with Crippen LogP contribution in [0.3, 0.4) is 0 Å². The molecule has 0 amide bonds. The molecule has 0 bridgehead atoms. The van der Waals surface area contributed by atoms with Crippen molar-refractivity contribution in [1.82, 2.24) is 14.9 Å². The summed E-state index contributed by atoms with van der Waals surface area (Å²) in [4.78, 5) is 10.6. The van der Waals surface area contributed by atoms with Crippen LogP contribution < -0.4 is 4.74 Å². The van der Waals surface area contributed by atoms with E-state index < -0.39 is 6.17 Å². The van der Waals surface area contributed by atoms with Gasteiger partial charge in [-0.3, -0.25) is 14.9 Å². The van der Waals surface area contributed by atoms with Crippen LogP contribution in [0.2, 0.25) is 5.02 Å². The van der Waals surface area contributed by atoms with Gasteiger partial charge in [0, 0.05) is 41.7 Å². The minimum Gasteiger partial charge on any atom is -0.497 e. The molecule has 0 saturated carbocycles. The Morgan fingerprint density at radius 2 is 2.00 bits per heavy atom. The summed E-state index contributed by atoms with van der Waals surface area (Å²) >= 11 is 6.38. The number of ether oxygens (including phenoxy) is 1. The van der Waals surface area contributed by atoms with Crippen molar-refractivity contribution < 1.29 is 14.2 Å². The lowest BCUT2D eigenvalue weighted by Crippen LogP contribution is -2.42. The van der Waals surface area contributed by atoms with Gasteiger partial charge in [-0.15, -0.1) is 0 Å². The average Bonchev–Trinajstić information content (AvgIpc) is 2.88. The van der Waals surface area contributed by atoms with Gasteiger partial charge in [-0.2, -0.15) is 0 Å². The van der Waals surface area contributed by atoms with E-state index >= 15 is 4.39 Å². The molecule has 1 aliphatic rings. The third-order valence-electron chi connectivity index (χ3n) is 6.78. The maximum absolute atomic E-state index is 15.6. The van der Waals surface area contributed by atoms with Crippen molar-refractivity contribution in [3.8, 4) is 17.6 Å². The fraction of sp³-hybridized carbons (Fsp3) is 0.407. The molecule has 4 rings (SSSR count). The third kappa shape index (κ3) is 5.67. The van der Waals surface area contributed by atoms with Crippen LogP contribution in [0.5, 0.6) is 5.75 Å². The highest BCUT2D eigenvalue weighted by molar-refractivity contribution is 6.32. The van der Waals surface area contributed by atoms with E-state index in [0.29, 0.717) is 46.6 Å². The van der Waals surface area contributed by atoms with Gasteiger partial charge in [-0.05, 0) is 74.5 Å². The molecule has 3 aromatic rings. The van der Waals surface area contributed by atoms with E-state index in [1.807, 2.05) is 18.2 Å². The summed E-state index contributed by atoms with van der Waals surface area (Å²) in [7, 11) is 1.58. The van der Waals surface area contributed by atoms with E-state index in [2.05, 4.69) is 26.7 Å². The zero-order valence-electron chi connectivity index (χ0n) is 19.3. The molecule has 178 valence electrons. The summed E-state index contributed by atoms with van der Waals surface area (Å²) < 4.78 is 20.9. The van der Waals surface area contributed by atoms with Gasteiger partial charge in [-0.25, -0.2) is 4.39 Å². The van der Waals surface area contributed by atoms with E-state index in [0.717, 1.165) is 31.5 Å². The summed E-state index contributed by atoms with van der Waals surface area (Å²) in [6.07, 6.45) is 6.22. The first kappa shape index (κ1) is 24.4. The largest absolute Gasteiger partial charge is 0.497 e. The number of aliphatic hydroxyl groups excluding tert-OH is 1. The molecule has 3 heterocycles. The molecule has 0 spiro atoms. The number of likely N-dealkylation sites (tertiary alicyclic amines) is 1. The molecule has 0 aliphatic carbocycles. The zero-order chi connectivity index (χ0) is 24.0. The van der Waals surface area contributed by atoms with Crippen LogP contribution in [0.25, 0.3) is 10.9 Å². The molecular weight excluding hydrogens is 453 g/mol. The second-order valence-corrected chi connectivity index (χ2v) is 9.29. The van der Waals surface area contributed by atoms with E-state index in [-0.39, 0.29) is 12.0 Å². The third-order valence-corrected chi connectivity index (χ3v) is 7.08. The molecule has 0 radical (unpaired) electrons. The fourth-order valence-corrected chi connectivity index (χ4v) is 4.82. The summed E-state index contributed by atoms with van der Waals surface area (Å²) in [5, 5.41) is 11.2. The molecule has 1 N–H and O–H groups in total. The molecule has 1 aromatic carbocycles. The number of hydrogen-bond donors (Lipinski definition) is 1. The number of pyridine rings is 2. The predicted octanol–water partition coefficient (Wildman–Crippen LogP) is 5.21. The monoisotopic (exact) mass is 481 g/mol. The Kier molecular flexibility index (Phi) is 7.99. The maximum Gasteiger partial charge on any atom is 0.127 e. The summed E-state index contributed by atoms with van der Waals surface area (Å²) in [5.74, 6) is 7.01. The number of nitrogens with zero attached hydrogens (tertiary/aromatic N) is 3. The Bertz CT molecular complexity index is 1170. The number of aliphatic hydroxyl groups is 1. The fourth-order valence-electron chi connectivity index (χ4n) is 4.55. The molecule has 34 heavy (non-hydrogen) atoms. The van der Waals surface area contributed by atoms with Crippen LogP contribution in [0.15, 0.2) is 48.9 Å². The quantitative estimate of drug-likeness (QED) is 0.469. The van der Waals surface area contributed by atoms with Crippen molar-refractivity contribution in [2.75, 3.05) is 33.4 Å². The lowest BCUT2D eigenvalue weighted by atomic mass is 9.74. The maximum atomic E-state index is 15.6. The number of hydrogen-bond acceptors (Lipinski definition) is 5. The second kappa shape index (κ2) is 11.1. The number of benzene rings is 1. The summed E-state index contributed by atoms with van der Waals surface area (Å²) in [5.41, 5.74) is 1.79. The lowest BCUT2D eigenvalue weighted by molar-refractivity contribution is 0.0344. The normalized spacial score (nSPS) is 16.6. The Hall–Kier alpha value is -2.72. The van der Waals surface area contributed by atoms with Crippen LogP contribution in [-0.4, -0.2) is 53.3 Å². The van der Waals surface area contributed by atoms with Gasteiger partial charge in [0.2, 0.25) is 0 Å².